The first-order chi connectivity index (χ1) is 9.33. The second kappa shape index (κ2) is 5.62. The first-order valence-corrected chi connectivity index (χ1v) is 7.44. The molecule has 0 aliphatic rings. The maximum absolute atomic E-state index is 4.75. The van der Waals surface area contributed by atoms with Crippen LogP contribution < -0.4 is 5.32 Å². The predicted molar refractivity (Wildman–Crippen MR) is 86.7 cm³/mol. The summed E-state index contributed by atoms with van der Waals surface area (Å²) in [6.07, 6.45) is 0. The van der Waals surface area contributed by atoms with Gasteiger partial charge in [0, 0.05) is 15.7 Å². The highest BCUT2D eigenvalue weighted by Crippen LogP contribution is 2.27. The van der Waals surface area contributed by atoms with Gasteiger partial charge >= 0.3 is 0 Å². The van der Waals surface area contributed by atoms with Crippen LogP contribution in [0.4, 0.5) is 0 Å². The van der Waals surface area contributed by atoms with Gasteiger partial charge in [0.15, 0.2) is 0 Å². The minimum absolute atomic E-state index is 0.249. The Balaban J connectivity index is 2.61. The maximum atomic E-state index is 4.75. The fourth-order valence-electron chi connectivity index (χ4n) is 1.97. The van der Waals surface area contributed by atoms with Gasteiger partial charge < -0.3 is 5.32 Å². The molecule has 1 N–H and O–H groups in total. The Labute approximate surface area is 129 Å². The van der Waals surface area contributed by atoms with Crippen molar-refractivity contribution in [2.45, 2.75) is 33.2 Å². The van der Waals surface area contributed by atoms with E-state index in [1.807, 2.05) is 26.1 Å². The zero-order valence-corrected chi connectivity index (χ0v) is 14.2. The summed E-state index contributed by atoms with van der Waals surface area (Å²) < 4.78 is 1.06. The van der Waals surface area contributed by atoms with E-state index in [2.05, 4.69) is 59.1 Å². The maximum Gasteiger partial charge on any atom is 0.148 e. The lowest BCUT2D eigenvalue weighted by molar-refractivity contribution is 0.416. The zero-order chi connectivity index (χ0) is 14.9. The molecule has 0 amide bonds. The van der Waals surface area contributed by atoms with Crippen molar-refractivity contribution in [3.63, 3.8) is 0 Å². The number of aromatic nitrogens is 2. The van der Waals surface area contributed by atoms with Crippen LogP contribution in [0.15, 0.2) is 28.7 Å². The molecule has 1 aromatic carbocycles. The van der Waals surface area contributed by atoms with Crippen molar-refractivity contribution >= 4 is 15.9 Å². The monoisotopic (exact) mass is 333 g/mol. The van der Waals surface area contributed by atoms with Crippen molar-refractivity contribution in [3.05, 3.63) is 45.8 Å². The number of hydrogen-bond donors (Lipinski definition) is 1. The molecular weight excluding hydrogens is 314 g/mol. The van der Waals surface area contributed by atoms with E-state index >= 15 is 0 Å². The molecule has 2 rings (SSSR count). The molecule has 0 radical (unpaired) electrons. The summed E-state index contributed by atoms with van der Waals surface area (Å²) in [7, 11) is 1.93. The number of rotatable bonds is 3. The summed E-state index contributed by atoms with van der Waals surface area (Å²) in [6, 6.07) is 8.28. The van der Waals surface area contributed by atoms with Gasteiger partial charge in [0.1, 0.15) is 5.82 Å². The van der Waals surface area contributed by atoms with Crippen LogP contribution in [-0.2, 0) is 5.54 Å². The Kier molecular flexibility index (Phi) is 4.25. The lowest BCUT2D eigenvalue weighted by Gasteiger charge is -2.23. The van der Waals surface area contributed by atoms with Crippen LogP contribution in [0.5, 0.6) is 0 Å². The Hall–Kier alpha value is -1.26. The molecule has 2 aromatic rings. The van der Waals surface area contributed by atoms with Gasteiger partial charge in [0.05, 0.1) is 11.2 Å². The van der Waals surface area contributed by atoms with Crippen LogP contribution in [0.1, 0.15) is 30.9 Å². The van der Waals surface area contributed by atoms with Crippen molar-refractivity contribution in [2.75, 3.05) is 7.05 Å². The van der Waals surface area contributed by atoms with Gasteiger partial charge in [-0.2, -0.15) is 0 Å². The SMILES string of the molecule is CNC(C)(C)c1nc(C)cc(-c2cc(Br)ccc2C)n1. The lowest BCUT2D eigenvalue weighted by Crippen LogP contribution is -2.35. The molecule has 0 bridgehead atoms. The number of aryl methyl sites for hydroxylation is 2. The lowest BCUT2D eigenvalue weighted by atomic mass is 10.0. The smallest absolute Gasteiger partial charge is 0.148 e. The molecule has 0 atom stereocenters. The zero-order valence-electron chi connectivity index (χ0n) is 12.6. The van der Waals surface area contributed by atoms with Crippen LogP contribution in [-0.4, -0.2) is 17.0 Å². The molecule has 20 heavy (non-hydrogen) atoms. The van der Waals surface area contributed by atoms with E-state index in [1.165, 1.54) is 5.56 Å². The molecule has 0 aliphatic heterocycles. The van der Waals surface area contributed by atoms with Crippen molar-refractivity contribution in [1.29, 1.82) is 0 Å². The average Bonchev–Trinajstić information content (AvgIpc) is 2.40. The summed E-state index contributed by atoms with van der Waals surface area (Å²) >= 11 is 3.53. The van der Waals surface area contributed by atoms with E-state index in [-0.39, 0.29) is 5.54 Å². The van der Waals surface area contributed by atoms with Crippen LogP contribution in [0.25, 0.3) is 11.3 Å². The Morgan fingerprint density at radius 2 is 1.80 bits per heavy atom. The van der Waals surface area contributed by atoms with Crippen LogP contribution >= 0.6 is 15.9 Å². The van der Waals surface area contributed by atoms with Gasteiger partial charge in [0.25, 0.3) is 0 Å². The van der Waals surface area contributed by atoms with Gasteiger partial charge in [-0.25, -0.2) is 9.97 Å². The molecule has 0 aliphatic carbocycles. The van der Waals surface area contributed by atoms with Gasteiger partial charge in [0.2, 0.25) is 0 Å². The van der Waals surface area contributed by atoms with E-state index in [0.29, 0.717) is 0 Å². The van der Waals surface area contributed by atoms with Gasteiger partial charge in [-0.15, -0.1) is 0 Å². The van der Waals surface area contributed by atoms with Crippen LogP contribution in [0, 0.1) is 13.8 Å². The van der Waals surface area contributed by atoms with Crippen molar-refractivity contribution in [2.24, 2.45) is 0 Å². The highest BCUT2D eigenvalue weighted by Gasteiger charge is 2.22. The van der Waals surface area contributed by atoms with E-state index < -0.39 is 0 Å². The molecule has 106 valence electrons. The number of benzene rings is 1. The molecule has 0 saturated heterocycles. The Morgan fingerprint density at radius 3 is 2.45 bits per heavy atom. The number of nitrogens with one attached hydrogen (secondary N) is 1. The molecule has 0 saturated carbocycles. The van der Waals surface area contributed by atoms with E-state index in [0.717, 1.165) is 27.2 Å². The third-order valence-electron chi connectivity index (χ3n) is 3.51. The summed E-state index contributed by atoms with van der Waals surface area (Å²) in [4.78, 5) is 9.32. The van der Waals surface area contributed by atoms with Gasteiger partial charge in [-0.1, -0.05) is 22.0 Å². The molecule has 1 aromatic heterocycles. The largest absolute Gasteiger partial charge is 0.308 e. The third-order valence-corrected chi connectivity index (χ3v) is 4.01. The number of halogens is 1. The normalized spacial score (nSPS) is 11.7. The topological polar surface area (TPSA) is 37.8 Å². The fraction of sp³-hybridized carbons (Fsp3) is 0.375. The second-order valence-electron chi connectivity index (χ2n) is 5.55. The summed E-state index contributed by atoms with van der Waals surface area (Å²) in [5, 5.41) is 3.26. The van der Waals surface area contributed by atoms with E-state index in [4.69, 9.17) is 4.98 Å². The summed E-state index contributed by atoms with van der Waals surface area (Å²) in [5.74, 6) is 0.814. The van der Waals surface area contributed by atoms with Crippen molar-refractivity contribution in [1.82, 2.24) is 15.3 Å². The minimum atomic E-state index is -0.249. The van der Waals surface area contributed by atoms with Crippen LogP contribution in [0.2, 0.25) is 0 Å². The molecule has 0 unspecified atom stereocenters. The third kappa shape index (κ3) is 3.07. The second-order valence-corrected chi connectivity index (χ2v) is 6.47. The highest BCUT2D eigenvalue weighted by atomic mass is 79.9. The van der Waals surface area contributed by atoms with E-state index in [9.17, 15) is 0 Å². The Morgan fingerprint density at radius 1 is 1.10 bits per heavy atom. The quantitative estimate of drug-likeness (QED) is 0.923. The molecule has 0 fully saturated rings. The molecule has 1 heterocycles. The summed E-state index contributed by atoms with van der Waals surface area (Å²) in [6.45, 7) is 8.27. The first kappa shape index (κ1) is 15.1. The average molecular weight is 334 g/mol. The molecule has 4 heteroatoms. The number of hydrogen-bond acceptors (Lipinski definition) is 3. The first-order valence-electron chi connectivity index (χ1n) is 6.65. The molecular formula is C16H20BrN3. The standard InChI is InChI=1S/C16H20BrN3/c1-10-6-7-12(17)9-13(10)14-8-11(2)19-15(20-14)16(3,4)18-5/h6-9,18H,1-5H3. The van der Waals surface area contributed by atoms with Crippen molar-refractivity contribution in [3.8, 4) is 11.3 Å². The van der Waals surface area contributed by atoms with E-state index in [1.54, 1.807) is 0 Å². The molecule has 0 spiro atoms. The highest BCUT2D eigenvalue weighted by molar-refractivity contribution is 9.10. The Bertz CT molecular complexity index is 636. The van der Waals surface area contributed by atoms with Crippen molar-refractivity contribution < 1.29 is 0 Å². The fourth-order valence-corrected chi connectivity index (χ4v) is 2.33. The van der Waals surface area contributed by atoms with Crippen LogP contribution in [0.3, 0.4) is 0 Å². The van der Waals surface area contributed by atoms with Gasteiger partial charge in [-0.3, -0.25) is 0 Å². The minimum Gasteiger partial charge on any atom is -0.308 e. The molecule has 3 nitrogen and oxygen atoms in total. The number of nitrogens with zero attached hydrogens (tertiary/aromatic N) is 2. The van der Waals surface area contributed by atoms with Gasteiger partial charge in [-0.05, 0) is 58.5 Å². The summed E-state index contributed by atoms with van der Waals surface area (Å²) in [5.41, 5.74) is 4.04. The predicted octanol–water partition coefficient (Wildman–Crippen LogP) is 3.98.